The first-order chi connectivity index (χ1) is 9.15. The van der Waals surface area contributed by atoms with Crippen LogP contribution < -0.4 is 11.1 Å². The van der Waals surface area contributed by atoms with E-state index in [1.807, 2.05) is 19.9 Å². The van der Waals surface area contributed by atoms with Crippen LogP contribution in [0.1, 0.15) is 73.6 Å². The van der Waals surface area contributed by atoms with Crippen LogP contribution in [0.5, 0.6) is 0 Å². The molecule has 3 N–H and O–H groups in total. The summed E-state index contributed by atoms with van der Waals surface area (Å²) in [6.07, 6.45) is 8.78. The molecule has 0 aromatic heterocycles. The lowest BCUT2D eigenvalue weighted by Crippen LogP contribution is -2.25. The Morgan fingerprint density at radius 3 is 2.26 bits per heavy atom. The van der Waals surface area contributed by atoms with Gasteiger partial charge in [0.05, 0.1) is 0 Å². The number of nitrogens with one attached hydrogen (secondary N) is 1. The summed E-state index contributed by atoms with van der Waals surface area (Å²) in [5.41, 5.74) is 6.71. The Labute approximate surface area is 122 Å². The maximum absolute atomic E-state index is 5.49. The highest BCUT2D eigenvalue weighted by atomic mass is 14.9. The lowest BCUT2D eigenvalue weighted by Gasteiger charge is -2.24. The van der Waals surface area contributed by atoms with Crippen LogP contribution in [-0.2, 0) is 0 Å². The van der Waals surface area contributed by atoms with E-state index in [0.29, 0.717) is 6.54 Å². The molecule has 2 atom stereocenters. The van der Waals surface area contributed by atoms with Gasteiger partial charge in [0, 0.05) is 18.8 Å². The fourth-order valence-electron chi connectivity index (χ4n) is 2.29. The van der Waals surface area contributed by atoms with Crippen LogP contribution in [-0.4, -0.2) is 13.1 Å². The zero-order chi connectivity index (χ0) is 15.1. The quantitative estimate of drug-likeness (QED) is 0.603. The second kappa shape index (κ2) is 15.6. The van der Waals surface area contributed by atoms with E-state index in [4.69, 9.17) is 5.73 Å². The van der Waals surface area contributed by atoms with Crippen molar-refractivity contribution in [2.45, 2.75) is 73.6 Å². The van der Waals surface area contributed by atoms with Gasteiger partial charge in [-0.25, -0.2) is 0 Å². The maximum atomic E-state index is 5.49. The van der Waals surface area contributed by atoms with E-state index in [-0.39, 0.29) is 0 Å². The van der Waals surface area contributed by atoms with E-state index in [2.05, 4.69) is 33.0 Å². The molecule has 0 aliphatic carbocycles. The van der Waals surface area contributed by atoms with Gasteiger partial charge in [-0.2, -0.15) is 0 Å². The lowest BCUT2D eigenvalue weighted by molar-refractivity contribution is 0.300. The summed E-state index contributed by atoms with van der Waals surface area (Å²) in [5, 5.41) is 3.48. The highest BCUT2D eigenvalue weighted by Crippen LogP contribution is 2.23. The van der Waals surface area contributed by atoms with Crippen LogP contribution in [0.25, 0.3) is 0 Å². The van der Waals surface area contributed by atoms with Gasteiger partial charge in [0.1, 0.15) is 0 Å². The minimum absolute atomic E-state index is 0.626. The van der Waals surface area contributed by atoms with E-state index in [9.17, 15) is 0 Å². The Kier molecular flexibility index (Phi) is 17.0. The smallest absolute Gasteiger partial charge is 0.0172 e. The topological polar surface area (TPSA) is 38.0 Å². The summed E-state index contributed by atoms with van der Waals surface area (Å²) in [5.74, 6) is 1.63. The van der Waals surface area contributed by atoms with E-state index < -0.39 is 0 Å². The Morgan fingerprint density at radius 2 is 1.79 bits per heavy atom. The average Bonchev–Trinajstić information content (AvgIpc) is 2.43. The Balaban J connectivity index is 0. The SMILES string of the molecule is CC.CCCCC(CCC)C(C)CN/C(C)=C\CN. The molecule has 0 aliphatic heterocycles. The summed E-state index contributed by atoms with van der Waals surface area (Å²) < 4.78 is 0. The molecule has 19 heavy (non-hydrogen) atoms. The summed E-state index contributed by atoms with van der Waals surface area (Å²) >= 11 is 0. The molecule has 0 fully saturated rings. The van der Waals surface area contributed by atoms with E-state index in [1.54, 1.807) is 0 Å². The van der Waals surface area contributed by atoms with E-state index >= 15 is 0 Å². The number of hydrogen-bond acceptors (Lipinski definition) is 2. The first kappa shape index (κ1) is 20.8. The predicted molar refractivity (Wildman–Crippen MR) is 89.2 cm³/mol. The molecule has 0 saturated heterocycles. The average molecular weight is 271 g/mol. The molecule has 0 amide bonds. The standard InChI is InChI=1S/C15H32N2.C2H6/c1-5-7-9-15(8-6-2)13(3)12-17-14(4)10-11-16;1-2/h10,13,15,17H,5-9,11-12,16H2,1-4H3;1-2H3/b14-10-;. The molecule has 0 saturated carbocycles. The molecule has 0 spiro atoms. The van der Waals surface area contributed by atoms with Crippen LogP contribution in [0.15, 0.2) is 11.8 Å². The van der Waals surface area contributed by atoms with Crippen molar-refractivity contribution in [3.63, 3.8) is 0 Å². The fourth-order valence-corrected chi connectivity index (χ4v) is 2.29. The van der Waals surface area contributed by atoms with Crippen molar-refractivity contribution in [3.05, 3.63) is 11.8 Å². The molecule has 2 heteroatoms. The second-order valence-electron chi connectivity index (χ2n) is 5.17. The Morgan fingerprint density at radius 1 is 1.16 bits per heavy atom. The predicted octanol–water partition coefficient (Wildman–Crippen LogP) is 4.71. The molecule has 0 heterocycles. The minimum atomic E-state index is 0.626. The van der Waals surface area contributed by atoms with Crippen molar-refractivity contribution in [3.8, 4) is 0 Å². The lowest BCUT2D eigenvalue weighted by atomic mass is 9.85. The van der Waals surface area contributed by atoms with Gasteiger partial charge in [-0.15, -0.1) is 0 Å². The molecule has 0 radical (unpaired) electrons. The summed E-state index contributed by atoms with van der Waals surface area (Å²) in [6, 6.07) is 0. The molecule has 0 bridgehead atoms. The number of allylic oxidation sites excluding steroid dienone is 1. The number of hydrogen-bond donors (Lipinski definition) is 2. The van der Waals surface area contributed by atoms with Crippen LogP contribution in [0.4, 0.5) is 0 Å². The van der Waals surface area contributed by atoms with Gasteiger partial charge in [0.2, 0.25) is 0 Å². The van der Waals surface area contributed by atoms with Crippen molar-refractivity contribution in [2.24, 2.45) is 17.6 Å². The maximum Gasteiger partial charge on any atom is 0.0172 e. The van der Waals surface area contributed by atoms with Crippen molar-refractivity contribution >= 4 is 0 Å². The van der Waals surface area contributed by atoms with Gasteiger partial charge < -0.3 is 11.1 Å². The monoisotopic (exact) mass is 270 g/mol. The molecule has 2 nitrogen and oxygen atoms in total. The first-order valence-corrected chi connectivity index (χ1v) is 8.26. The zero-order valence-corrected chi connectivity index (χ0v) is 14.3. The summed E-state index contributed by atoms with van der Waals surface area (Å²) in [7, 11) is 0. The number of nitrogens with two attached hydrogens (primary N) is 1. The molecular weight excluding hydrogens is 232 g/mol. The summed E-state index contributed by atoms with van der Waals surface area (Å²) in [4.78, 5) is 0. The van der Waals surface area contributed by atoms with E-state index in [0.717, 1.165) is 18.4 Å². The number of rotatable bonds is 10. The third-order valence-corrected chi connectivity index (χ3v) is 3.52. The normalized spacial score (nSPS) is 14.4. The van der Waals surface area contributed by atoms with Gasteiger partial charge in [-0.3, -0.25) is 0 Å². The molecular formula is C17H38N2. The largest absolute Gasteiger partial charge is 0.389 e. The van der Waals surface area contributed by atoms with Gasteiger partial charge in [0.25, 0.3) is 0 Å². The van der Waals surface area contributed by atoms with E-state index in [1.165, 1.54) is 37.8 Å². The molecule has 2 unspecified atom stereocenters. The molecule has 0 aromatic carbocycles. The Hall–Kier alpha value is -0.500. The van der Waals surface area contributed by atoms with Gasteiger partial charge in [0.15, 0.2) is 0 Å². The molecule has 0 aliphatic rings. The van der Waals surface area contributed by atoms with Crippen molar-refractivity contribution < 1.29 is 0 Å². The van der Waals surface area contributed by atoms with Crippen molar-refractivity contribution in [2.75, 3.05) is 13.1 Å². The van der Waals surface area contributed by atoms with Crippen molar-refractivity contribution in [1.82, 2.24) is 5.32 Å². The van der Waals surface area contributed by atoms with Gasteiger partial charge in [-0.05, 0) is 18.8 Å². The third kappa shape index (κ3) is 12.3. The fraction of sp³-hybridized carbons (Fsp3) is 0.882. The van der Waals surface area contributed by atoms with Crippen LogP contribution >= 0.6 is 0 Å². The molecule has 116 valence electrons. The molecule has 0 rings (SSSR count). The van der Waals surface area contributed by atoms with Gasteiger partial charge >= 0.3 is 0 Å². The third-order valence-electron chi connectivity index (χ3n) is 3.52. The van der Waals surface area contributed by atoms with Crippen LogP contribution in [0, 0.1) is 11.8 Å². The first-order valence-electron chi connectivity index (χ1n) is 8.26. The minimum Gasteiger partial charge on any atom is -0.389 e. The second-order valence-corrected chi connectivity index (χ2v) is 5.17. The summed E-state index contributed by atoms with van der Waals surface area (Å²) in [6.45, 7) is 14.7. The molecule has 0 aromatic rings. The van der Waals surface area contributed by atoms with Gasteiger partial charge in [-0.1, -0.05) is 72.8 Å². The van der Waals surface area contributed by atoms with Crippen LogP contribution in [0.2, 0.25) is 0 Å². The zero-order valence-electron chi connectivity index (χ0n) is 14.3. The Bertz CT molecular complexity index is 199. The number of unbranched alkanes of at least 4 members (excludes halogenated alkanes) is 1. The highest BCUT2D eigenvalue weighted by molar-refractivity contribution is 4.96. The van der Waals surface area contributed by atoms with Crippen LogP contribution in [0.3, 0.4) is 0 Å². The van der Waals surface area contributed by atoms with Crippen molar-refractivity contribution in [1.29, 1.82) is 0 Å². The highest BCUT2D eigenvalue weighted by Gasteiger charge is 2.15.